The van der Waals surface area contributed by atoms with Crippen LogP contribution in [0.4, 0.5) is 0 Å². The van der Waals surface area contributed by atoms with Crippen LogP contribution in [0.15, 0.2) is 6.20 Å². The van der Waals surface area contributed by atoms with Gasteiger partial charge in [0.2, 0.25) is 5.91 Å². The summed E-state index contributed by atoms with van der Waals surface area (Å²) in [4.78, 5) is 17.4. The fourth-order valence-corrected chi connectivity index (χ4v) is 4.81. The van der Waals surface area contributed by atoms with Gasteiger partial charge in [0, 0.05) is 56.9 Å². The van der Waals surface area contributed by atoms with Crippen LogP contribution in [0.5, 0.6) is 0 Å². The Hall–Kier alpha value is -1.36. The van der Waals surface area contributed by atoms with Gasteiger partial charge in [-0.05, 0) is 38.5 Å². The maximum absolute atomic E-state index is 12.8. The fourth-order valence-electron chi connectivity index (χ4n) is 4.81. The number of carbonyl (C=O) groups is 1. The topological polar surface area (TPSA) is 41.4 Å². The summed E-state index contributed by atoms with van der Waals surface area (Å²) in [5, 5.41) is 4.54. The van der Waals surface area contributed by atoms with Crippen LogP contribution >= 0.6 is 0 Å². The van der Waals surface area contributed by atoms with E-state index >= 15 is 0 Å². The van der Waals surface area contributed by atoms with Gasteiger partial charge in [-0.3, -0.25) is 14.4 Å². The molecule has 3 fully saturated rings. The first-order chi connectivity index (χ1) is 11.7. The van der Waals surface area contributed by atoms with Gasteiger partial charge in [0.15, 0.2) is 0 Å². The number of piperazine rings is 1. The molecule has 1 amide bonds. The molecule has 1 aliphatic heterocycles. The van der Waals surface area contributed by atoms with E-state index < -0.39 is 0 Å². The molecular formula is C19H30N4O. The Kier molecular flexibility index (Phi) is 4.37. The van der Waals surface area contributed by atoms with Crippen molar-refractivity contribution in [3.05, 3.63) is 17.5 Å². The van der Waals surface area contributed by atoms with Crippen LogP contribution in [0.3, 0.4) is 0 Å². The predicted molar refractivity (Wildman–Crippen MR) is 93.4 cm³/mol. The molecule has 4 rings (SSSR count). The molecule has 2 saturated carbocycles. The van der Waals surface area contributed by atoms with E-state index in [1.807, 2.05) is 4.68 Å². The maximum Gasteiger partial charge on any atom is 0.226 e. The molecule has 2 atom stereocenters. The highest BCUT2D eigenvalue weighted by Crippen LogP contribution is 2.56. The van der Waals surface area contributed by atoms with Crippen LogP contribution in [0.25, 0.3) is 0 Å². The van der Waals surface area contributed by atoms with Gasteiger partial charge >= 0.3 is 0 Å². The van der Waals surface area contributed by atoms with Crippen LogP contribution < -0.4 is 0 Å². The quantitative estimate of drug-likeness (QED) is 0.850. The third kappa shape index (κ3) is 2.99. The number of fused-ring (bicyclic) bond motifs is 1. The fraction of sp³-hybridized carbons (Fsp3) is 0.789. The highest BCUT2D eigenvalue weighted by molar-refractivity contribution is 5.82. The van der Waals surface area contributed by atoms with E-state index in [9.17, 15) is 4.79 Å². The Morgan fingerprint density at radius 1 is 1.17 bits per heavy atom. The molecule has 1 aromatic heterocycles. The van der Waals surface area contributed by atoms with E-state index in [0.29, 0.717) is 11.8 Å². The molecule has 0 radical (unpaired) electrons. The first-order valence-electron chi connectivity index (χ1n) is 9.71. The van der Waals surface area contributed by atoms with Gasteiger partial charge in [0.1, 0.15) is 0 Å². The van der Waals surface area contributed by atoms with Gasteiger partial charge in [0.05, 0.1) is 5.69 Å². The van der Waals surface area contributed by atoms with E-state index in [1.165, 1.54) is 31.2 Å². The van der Waals surface area contributed by atoms with Crippen LogP contribution in [0, 0.1) is 24.7 Å². The first kappa shape index (κ1) is 16.1. The lowest BCUT2D eigenvalue weighted by Crippen LogP contribution is -2.49. The number of amides is 1. The molecule has 0 unspecified atom stereocenters. The second-order valence-electron chi connectivity index (χ2n) is 7.83. The SMILES string of the molecule is CCn1cc(CN2CCN(C(=O)C3[C@H]4CCCC[C@H]34)CC2)c(C)n1. The zero-order chi connectivity index (χ0) is 16.7. The smallest absolute Gasteiger partial charge is 0.226 e. The van der Waals surface area contributed by atoms with Crippen molar-refractivity contribution in [1.29, 1.82) is 0 Å². The largest absolute Gasteiger partial charge is 0.340 e. The van der Waals surface area contributed by atoms with Crippen molar-refractivity contribution < 1.29 is 4.79 Å². The summed E-state index contributed by atoms with van der Waals surface area (Å²) < 4.78 is 2.01. The average Bonchev–Trinajstić information content (AvgIpc) is 3.24. The molecule has 0 spiro atoms. The molecule has 5 heteroatoms. The number of nitrogens with zero attached hydrogens (tertiary/aromatic N) is 4. The van der Waals surface area contributed by atoms with Gasteiger partial charge in [0.25, 0.3) is 0 Å². The zero-order valence-corrected chi connectivity index (χ0v) is 15.1. The number of carbonyl (C=O) groups excluding carboxylic acids is 1. The van der Waals surface area contributed by atoms with E-state index in [4.69, 9.17) is 0 Å². The second-order valence-corrected chi connectivity index (χ2v) is 7.83. The van der Waals surface area contributed by atoms with Crippen molar-refractivity contribution in [2.45, 2.75) is 52.6 Å². The minimum Gasteiger partial charge on any atom is -0.340 e. The van der Waals surface area contributed by atoms with E-state index in [-0.39, 0.29) is 0 Å². The van der Waals surface area contributed by atoms with Crippen molar-refractivity contribution in [2.75, 3.05) is 26.2 Å². The second kappa shape index (κ2) is 6.51. The molecule has 0 N–H and O–H groups in total. The molecule has 2 heterocycles. The van der Waals surface area contributed by atoms with Gasteiger partial charge in [-0.25, -0.2) is 0 Å². The summed E-state index contributed by atoms with van der Waals surface area (Å²) in [5.41, 5.74) is 2.46. The normalized spacial score (nSPS) is 30.2. The molecule has 1 saturated heterocycles. The van der Waals surface area contributed by atoms with E-state index in [0.717, 1.165) is 56.8 Å². The van der Waals surface area contributed by atoms with Crippen molar-refractivity contribution in [2.24, 2.45) is 17.8 Å². The molecule has 132 valence electrons. The van der Waals surface area contributed by atoms with E-state index in [1.54, 1.807) is 0 Å². The number of rotatable bonds is 4. The minimum atomic E-state index is 0.379. The van der Waals surface area contributed by atoms with Gasteiger partial charge in [-0.15, -0.1) is 0 Å². The van der Waals surface area contributed by atoms with Crippen molar-refractivity contribution in [3.8, 4) is 0 Å². The van der Waals surface area contributed by atoms with E-state index in [2.05, 4.69) is 34.9 Å². The predicted octanol–water partition coefficient (Wildman–Crippen LogP) is 2.29. The summed E-state index contributed by atoms with van der Waals surface area (Å²) in [7, 11) is 0. The molecule has 2 aliphatic carbocycles. The zero-order valence-electron chi connectivity index (χ0n) is 15.1. The lowest BCUT2D eigenvalue weighted by atomic mass is 10.0. The van der Waals surface area contributed by atoms with Gasteiger partial charge in [-0.1, -0.05) is 12.8 Å². The third-order valence-electron chi connectivity index (χ3n) is 6.39. The lowest BCUT2D eigenvalue weighted by molar-refractivity contribution is -0.135. The molecule has 5 nitrogen and oxygen atoms in total. The monoisotopic (exact) mass is 330 g/mol. The Bertz CT molecular complexity index is 591. The standard InChI is InChI=1S/C19H30N4O/c1-3-23-13-15(14(2)20-23)12-21-8-10-22(11-9-21)19(24)18-16-6-4-5-7-17(16)18/h13,16-18H,3-12H2,1-2H3/t16-,17-/m0/s1. The lowest BCUT2D eigenvalue weighted by Gasteiger charge is -2.35. The highest BCUT2D eigenvalue weighted by atomic mass is 16.2. The van der Waals surface area contributed by atoms with Crippen molar-refractivity contribution in [1.82, 2.24) is 19.6 Å². The number of aryl methyl sites for hydroxylation is 2. The van der Waals surface area contributed by atoms with Crippen LogP contribution in [-0.2, 0) is 17.9 Å². The van der Waals surface area contributed by atoms with Crippen LogP contribution in [-0.4, -0.2) is 51.7 Å². The van der Waals surface area contributed by atoms with Crippen molar-refractivity contribution >= 4 is 5.91 Å². The highest BCUT2D eigenvalue weighted by Gasteiger charge is 2.55. The summed E-state index contributed by atoms with van der Waals surface area (Å²) in [5.74, 6) is 2.30. The van der Waals surface area contributed by atoms with Crippen LogP contribution in [0.2, 0.25) is 0 Å². The molecule has 3 aliphatic rings. The Labute approximate surface area is 145 Å². The summed E-state index contributed by atoms with van der Waals surface area (Å²) in [6.07, 6.45) is 7.43. The van der Waals surface area contributed by atoms with Gasteiger partial charge in [-0.2, -0.15) is 5.10 Å². The maximum atomic E-state index is 12.8. The number of aromatic nitrogens is 2. The first-order valence-corrected chi connectivity index (χ1v) is 9.71. The molecule has 1 aromatic rings. The minimum absolute atomic E-state index is 0.379. The third-order valence-corrected chi connectivity index (χ3v) is 6.39. The summed E-state index contributed by atoms with van der Waals surface area (Å²) >= 11 is 0. The molecule has 0 bridgehead atoms. The number of hydrogen-bond donors (Lipinski definition) is 0. The van der Waals surface area contributed by atoms with Crippen molar-refractivity contribution in [3.63, 3.8) is 0 Å². The van der Waals surface area contributed by atoms with Crippen LogP contribution in [0.1, 0.15) is 43.9 Å². The average molecular weight is 330 g/mol. The Morgan fingerprint density at radius 2 is 1.83 bits per heavy atom. The summed E-state index contributed by atoms with van der Waals surface area (Å²) in [6.45, 7) is 9.88. The molecule has 24 heavy (non-hydrogen) atoms. The number of hydrogen-bond acceptors (Lipinski definition) is 3. The summed E-state index contributed by atoms with van der Waals surface area (Å²) in [6, 6.07) is 0. The Morgan fingerprint density at radius 3 is 2.42 bits per heavy atom. The molecular weight excluding hydrogens is 300 g/mol. The molecule has 0 aromatic carbocycles. The Balaban J connectivity index is 1.29. The van der Waals surface area contributed by atoms with Gasteiger partial charge < -0.3 is 4.90 Å².